The second-order valence-electron chi connectivity index (χ2n) is 5.51. The molecule has 3 nitrogen and oxygen atoms in total. The standard InChI is InChI=1S/C15H19F3N2O/c1-10-6-7-11(8-19-10)9-20-14(21)12-4-2-3-5-13(12)15(16,17)18/h2-5,10-11,19H,6-9H2,1H3,(H,20,21). The van der Waals surface area contributed by atoms with E-state index in [9.17, 15) is 18.0 Å². The van der Waals surface area contributed by atoms with Crippen molar-refractivity contribution in [3.63, 3.8) is 0 Å². The third kappa shape index (κ3) is 4.20. The van der Waals surface area contributed by atoms with E-state index in [1.807, 2.05) is 0 Å². The molecule has 1 saturated heterocycles. The van der Waals surface area contributed by atoms with Crippen LogP contribution in [0.15, 0.2) is 24.3 Å². The SMILES string of the molecule is CC1CCC(CNC(=O)c2ccccc2C(F)(F)F)CN1. The minimum absolute atomic E-state index is 0.267. The van der Waals surface area contributed by atoms with Crippen molar-refractivity contribution in [1.29, 1.82) is 0 Å². The van der Waals surface area contributed by atoms with Crippen LogP contribution >= 0.6 is 0 Å². The van der Waals surface area contributed by atoms with Gasteiger partial charge in [-0.3, -0.25) is 4.79 Å². The van der Waals surface area contributed by atoms with Gasteiger partial charge in [0.15, 0.2) is 0 Å². The van der Waals surface area contributed by atoms with E-state index in [0.717, 1.165) is 25.5 Å². The highest BCUT2D eigenvalue weighted by Gasteiger charge is 2.34. The van der Waals surface area contributed by atoms with Gasteiger partial charge in [0.25, 0.3) is 5.91 Å². The number of carbonyl (C=O) groups excluding carboxylic acids is 1. The largest absolute Gasteiger partial charge is 0.417 e. The fourth-order valence-corrected chi connectivity index (χ4v) is 2.49. The fraction of sp³-hybridized carbons (Fsp3) is 0.533. The maximum absolute atomic E-state index is 12.9. The summed E-state index contributed by atoms with van der Waals surface area (Å²) in [6.45, 7) is 3.27. The Morgan fingerprint density at radius 3 is 2.67 bits per heavy atom. The highest BCUT2D eigenvalue weighted by atomic mass is 19.4. The Morgan fingerprint density at radius 2 is 2.05 bits per heavy atom. The molecule has 0 aliphatic carbocycles. The summed E-state index contributed by atoms with van der Waals surface area (Å²) in [5, 5.41) is 5.92. The van der Waals surface area contributed by atoms with Gasteiger partial charge in [0.2, 0.25) is 0 Å². The smallest absolute Gasteiger partial charge is 0.352 e. The Hall–Kier alpha value is -1.56. The lowest BCUT2D eigenvalue weighted by atomic mass is 9.95. The van der Waals surface area contributed by atoms with Gasteiger partial charge in [-0.2, -0.15) is 13.2 Å². The summed E-state index contributed by atoms with van der Waals surface area (Å²) < 4.78 is 38.6. The molecule has 0 bridgehead atoms. The van der Waals surface area contributed by atoms with E-state index in [2.05, 4.69) is 17.6 Å². The third-order valence-corrected chi connectivity index (χ3v) is 3.79. The van der Waals surface area contributed by atoms with Gasteiger partial charge in [0.1, 0.15) is 0 Å². The van der Waals surface area contributed by atoms with Crippen molar-refractivity contribution in [1.82, 2.24) is 10.6 Å². The molecule has 2 N–H and O–H groups in total. The Labute approximate surface area is 121 Å². The number of hydrogen-bond donors (Lipinski definition) is 2. The van der Waals surface area contributed by atoms with Crippen molar-refractivity contribution in [3.8, 4) is 0 Å². The molecular weight excluding hydrogens is 281 g/mol. The van der Waals surface area contributed by atoms with E-state index in [4.69, 9.17) is 0 Å². The lowest BCUT2D eigenvalue weighted by Gasteiger charge is -2.27. The third-order valence-electron chi connectivity index (χ3n) is 3.79. The van der Waals surface area contributed by atoms with Gasteiger partial charge in [0, 0.05) is 12.6 Å². The van der Waals surface area contributed by atoms with E-state index in [-0.39, 0.29) is 11.5 Å². The maximum atomic E-state index is 12.9. The molecule has 21 heavy (non-hydrogen) atoms. The number of rotatable bonds is 3. The minimum atomic E-state index is -4.52. The maximum Gasteiger partial charge on any atom is 0.417 e. The molecule has 0 saturated carbocycles. The Balaban J connectivity index is 1.98. The van der Waals surface area contributed by atoms with Gasteiger partial charge in [-0.05, 0) is 44.4 Å². The summed E-state index contributed by atoms with van der Waals surface area (Å²) in [7, 11) is 0. The zero-order chi connectivity index (χ0) is 15.5. The Morgan fingerprint density at radius 1 is 1.33 bits per heavy atom. The van der Waals surface area contributed by atoms with Crippen LogP contribution in [0.4, 0.5) is 13.2 Å². The second kappa shape index (κ2) is 6.47. The van der Waals surface area contributed by atoms with Crippen molar-refractivity contribution in [2.24, 2.45) is 5.92 Å². The molecule has 1 aliphatic heterocycles. The highest BCUT2D eigenvalue weighted by molar-refractivity contribution is 5.95. The fourth-order valence-electron chi connectivity index (χ4n) is 2.49. The van der Waals surface area contributed by atoms with E-state index >= 15 is 0 Å². The molecule has 116 valence electrons. The van der Waals surface area contributed by atoms with Crippen LogP contribution in [0.5, 0.6) is 0 Å². The van der Waals surface area contributed by atoms with Gasteiger partial charge in [-0.1, -0.05) is 12.1 Å². The number of carbonyl (C=O) groups is 1. The average Bonchev–Trinajstić information content (AvgIpc) is 2.45. The molecule has 1 aromatic rings. The predicted molar refractivity (Wildman–Crippen MR) is 74.0 cm³/mol. The molecule has 1 aliphatic rings. The van der Waals surface area contributed by atoms with Crippen molar-refractivity contribution >= 4 is 5.91 Å². The predicted octanol–water partition coefficient (Wildman–Crippen LogP) is 2.82. The van der Waals surface area contributed by atoms with E-state index < -0.39 is 17.6 Å². The normalized spacial score (nSPS) is 22.9. The van der Waals surface area contributed by atoms with Gasteiger partial charge in [-0.25, -0.2) is 0 Å². The Bertz CT molecular complexity index is 494. The van der Waals surface area contributed by atoms with Gasteiger partial charge in [-0.15, -0.1) is 0 Å². The van der Waals surface area contributed by atoms with Gasteiger partial charge >= 0.3 is 6.18 Å². The van der Waals surface area contributed by atoms with Crippen molar-refractivity contribution in [2.75, 3.05) is 13.1 Å². The highest BCUT2D eigenvalue weighted by Crippen LogP contribution is 2.31. The molecule has 2 atom stereocenters. The van der Waals surface area contributed by atoms with E-state index in [1.165, 1.54) is 18.2 Å². The van der Waals surface area contributed by atoms with Crippen molar-refractivity contribution in [3.05, 3.63) is 35.4 Å². The number of halogens is 3. The molecule has 1 heterocycles. The first-order chi connectivity index (χ1) is 9.88. The van der Waals surface area contributed by atoms with Crippen LogP contribution in [0.25, 0.3) is 0 Å². The second-order valence-corrected chi connectivity index (χ2v) is 5.51. The number of amides is 1. The number of piperidine rings is 1. The zero-order valence-corrected chi connectivity index (χ0v) is 11.8. The molecule has 6 heteroatoms. The number of alkyl halides is 3. The zero-order valence-electron chi connectivity index (χ0n) is 11.8. The topological polar surface area (TPSA) is 41.1 Å². The van der Waals surface area contributed by atoms with Crippen LogP contribution < -0.4 is 10.6 Å². The summed E-state index contributed by atoms with van der Waals surface area (Å²) in [4.78, 5) is 12.0. The van der Waals surface area contributed by atoms with E-state index in [1.54, 1.807) is 0 Å². The molecule has 2 rings (SSSR count). The molecule has 1 aromatic carbocycles. The van der Waals surface area contributed by atoms with Gasteiger partial charge < -0.3 is 10.6 Å². The average molecular weight is 300 g/mol. The summed E-state index contributed by atoms with van der Waals surface area (Å²) in [6, 6.07) is 5.32. The molecule has 1 fully saturated rings. The Kier molecular flexibility index (Phi) is 4.88. The quantitative estimate of drug-likeness (QED) is 0.901. The van der Waals surface area contributed by atoms with E-state index in [0.29, 0.717) is 12.6 Å². The van der Waals surface area contributed by atoms with Crippen molar-refractivity contribution < 1.29 is 18.0 Å². The number of nitrogens with one attached hydrogen (secondary N) is 2. The minimum Gasteiger partial charge on any atom is -0.352 e. The molecule has 0 radical (unpaired) electrons. The molecule has 0 spiro atoms. The summed E-state index contributed by atoms with van der Waals surface area (Å²) in [6.07, 6.45) is -2.54. The molecule has 2 unspecified atom stereocenters. The van der Waals surface area contributed by atoms with Crippen LogP contribution in [0.2, 0.25) is 0 Å². The number of benzene rings is 1. The monoisotopic (exact) mass is 300 g/mol. The van der Waals surface area contributed by atoms with Crippen LogP contribution in [0.1, 0.15) is 35.7 Å². The summed E-state index contributed by atoms with van der Waals surface area (Å²) in [5.41, 5.74) is -1.21. The summed E-state index contributed by atoms with van der Waals surface area (Å²) >= 11 is 0. The first-order valence-corrected chi connectivity index (χ1v) is 7.05. The van der Waals surface area contributed by atoms with Crippen LogP contribution in [-0.2, 0) is 6.18 Å². The lowest BCUT2D eigenvalue weighted by Crippen LogP contribution is -2.42. The summed E-state index contributed by atoms with van der Waals surface area (Å²) in [5.74, 6) is -0.398. The van der Waals surface area contributed by atoms with Crippen LogP contribution in [0, 0.1) is 5.92 Å². The molecule has 0 aromatic heterocycles. The van der Waals surface area contributed by atoms with Gasteiger partial charge in [0.05, 0.1) is 11.1 Å². The molecule has 1 amide bonds. The van der Waals surface area contributed by atoms with Crippen molar-refractivity contribution in [2.45, 2.75) is 32.0 Å². The lowest BCUT2D eigenvalue weighted by molar-refractivity contribution is -0.137. The molecular formula is C15H19F3N2O. The number of hydrogen-bond acceptors (Lipinski definition) is 2. The van der Waals surface area contributed by atoms with Crippen LogP contribution in [-0.4, -0.2) is 25.0 Å². The first-order valence-electron chi connectivity index (χ1n) is 7.05. The van der Waals surface area contributed by atoms with Crippen LogP contribution in [0.3, 0.4) is 0 Å². The first kappa shape index (κ1) is 15.8.